The molecular weight excluding hydrogens is 336 g/mol. The maximum atomic E-state index is 12.6. The fourth-order valence-corrected chi connectivity index (χ4v) is 2.61. The predicted octanol–water partition coefficient (Wildman–Crippen LogP) is 0.873. The zero-order valence-electron chi connectivity index (χ0n) is 13.8. The third-order valence-corrected chi connectivity index (χ3v) is 3.81. The van der Waals surface area contributed by atoms with Crippen LogP contribution in [-0.4, -0.2) is 50.8 Å². The Bertz CT molecular complexity index is 598. The average molecular weight is 357 g/mol. The van der Waals surface area contributed by atoms with E-state index < -0.39 is 24.6 Å². The number of nitrogens with one attached hydrogen (secondary N) is 1. The summed E-state index contributed by atoms with van der Waals surface area (Å²) in [6.07, 6.45) is 1.19. The molecule has 2 amide bonds. The van der Waals surface area contributed by atoms with Crippen LogP contribution in [0.25, 0.3) is 0 Å². The summed E-state index contributed by atoms with van der Waals surface area (Å²) in [6.45, 7) is -2.37. The van der Waals surface area contributed by atoms with E-state index in [-0.39, 0.29) is 18.3 Å². The van der Waals surface area contributed by atoms with Gasteiger partial charge in [0.15, 0.2) is 0 Å². The van der Waals surface area contributed by atoms with Crippen molar-refractivity contribution in [3.8, 4) is 5.75 Å². The van der Waals surface area contributed by atoms with E-state index in [0.29, 0.717) is 25.1 Å². The van der Waals surface area contributed by atoms with E-state index in [1.807, 2.05) is 0 Å². The third kappa shape index (κ3) is 5.10. The zero-order valence-corrected chi connectivity index (χ0v) is 13.8. The van der Waals surface area contributed by atoms with Crippen LogP contribution in [0.2, 0.25) is 0 Å². The number of nitrogens with zero attached hydrogens (tertiary/aromatic N) is 1. The van der Waals surface area contributed by atoms with Gasteiger partial charge in [-0.3, -0.25) is 9.59 Å². The predicted molar refractivity (Wildman–Crippen MR) is 86.4 cm³/mol. The molecule has 1 heterocycles. The summed E-state index contributed by atoms with van der Waals surface area (Å²) in [5, 5.41) is 2.63. The Morgan fingerprint density at radius 3 is 2.68 bits per heavy atom. The van der Waals surface area contributed by atoms with Crippen molar-refractivity contribution in [1.29, 1.82) is 0 Å². The second-order valence-electron chi connectivity index (χ2n) is 5.63. The van der Waals surface area contributed by atoms with Gasteiger partial charge in [-0.05, 0) is 37.1 Å². The molecule has 1 aliphatic rings. The summed E-state index contributed by atoms with van der Waals surface area (Å²) in [5.41, 5.74) is 6.20. The number of anilines is 1. The van der Waals surface area contributed by atoms with Crippen LogP contribution in [0.5, 0.6) is 5.75 Å². The van der Waals surface area contributed by atoms with Crippen LogP contribution >= 0.6 is 0 Å². The number of halogens is 2. The number of benzene rings is 1. The van der Waals surface area contributed by atoms with Gasteiger partial charge in [-0.2, -0.15) is 8.78 Å². The molecule has 1 aliphatic heterocycles. The van der Waals surface area contributed by atoms with Crippen molar-refractivity contribution in [1.82, 2.24) is 5.32 Å². The van der Waals surface area contributed by atoms with E-state index in [1.54, 1.807) is 0 Å². The van der Waals surface area contributed by atoms with E-state index in [2.05, 4.69) is 10.1 Å². The smallest absolute Gasteiger partial charge is 0.387 e. The van der Waals surface area contributed by atoms with Gasteiger partial charge in [0, 0.05) is 19.3 Å². The van der Waals surface area contributed by atoms with Crippen molar-refractivity contribution in [2.75, 3.05) is 25.2 Å². The van der Waals surface area contributed by atoms with E-state index in [9.17, 15) is 18.4 Å². The fourth-order valence-electron chi connectivity index (χ4n) is 2.61. The number of carbonyl (C=O) groups excluding carboxylic acids is 2. The van der Waals surface area contributed by atoms with Crippen LogP contribution in [0, 0.1) is 0 Å². The number of hydrogen-bond acceptors (Lipinski definition) is 5. The van der Waals surface area contributed by atoms with Crippen molar-refractivity contribution in [2.45, 2.75) is 31.5 Å². The van der Waals surface area contributed by atoms with Gasteiger partial charge in [-0.25, -0.2) is 0 Å². The zero-order chi connectivity index (χ0) is 18.4. The summed E-state index contributed by atoms with van der Waals surface area (Å²) >= 11 is 0. The highest BCUT2D eigenvalue weighted by molar-refractivity contribution is 6.00. The molecule has 3 N–H and O–H groups in total. The minimum atomic E-state index is -2.90. The number of ether oxygens (including phenoxy) is 2. The lowest BCUT2D eigenvalue weighted by Gasteiger charge is -2.33. The molecule has 1 aromatic carbocycles. The van der Waals surface area contributed by atoms with Gasteiger partial charge in [0.1, 0.15) is 17.8 Å². The molecule has 0 saturated carbocycles. The number of hydrogen-bond donors (Lipinski definition) is 2. The van der Waals surface area contributed by atoms with Gasteiger partial charge in [0.25, 0.3) is 0 Å². The van der Waals surface area contributed by atoms with Gasteiger partial charge in [0.2, 0.25) is 11.8 Å². The minimum Gasteiger partial charge on any atom is -0.435 e. The molecule has 1 aromatic rings. The van der Waals surface area contributed by atoms with E-state index in [0.717, 1.165) is 0 Å². The van der Waals surface area contributed by atoms with Crippen LogP contribution < -0.4 is 20.7 Å². The molecular formula is C16H21F2N3O4. The van der Waals surface area contributed by atoms with Gasteiger partial charge in [-0.1, -0.05) is 0 Å². The van der Waals surface area contributed by atoms with Crippen LogP contribution in [0.3, 0.4) is 0 Å². The summed E-state index contributed by atoms with van der Waals surface area (Å²) < 4.78 is 33.5. The first-order chi connectivity index (χ1) is 11.9. The number of carbonyl (C=O) groups is 2. The lowest BCUT2D eigenvalue weighted by molar-refractivity contribution is -0.129. The lowest BCUT2D eigenvalue weighted by Crippen LogP contribution is -2.56. The fraction of sp³-hybridized carbons (Fsp3) is 0.500. The average Bonchev–Trinajstić information content (AvgIpc) is 2.57. The maximum absolute atomic E-state index is 12.6. The van der Waals surface area contributed by atoms with E-state index in [1.165, 1.54) is 36.3 Å². The topological polar surface area (TPSA) is 93.9 Å². The molecule has 0 aliphatic carbocycles. The largest absolute Gasteiger partial charge is 0.435 e. The second-order valence-corrected chi connectivity index (χ2v) is 5.63. The molecule has 138 valence electrons. The standard InChI is InChI=1S/C16H21F2N3O4/c1-24-9-12(19)14(22)20-13-3-2-8-21(15(13)23)10-4-6-11(7-5-10)25-16(17)18/h4-7,12-13,16H,2-3,8-9,19H2,1H3,(H,20,22). The summed E-state index contributed by atoms with van der Waals surface area (Å²) in [4.78, 5) is 26.1. The molecule has 0 bridgehead atoms. The monoisotopic (exact) mass is 357 g/mol. The van der Waals surface area contributed by atoms with Crippen molar-refractivity contribution in [3.05, 3.63) is 24.3 Å². The molecule has 2 rings (SSSR count). The molecule has 0 spiro atoms. The van der Waals surface area contributed by atoms with Crippen molar-refractivity contribution < 1.29 is 27.8 Å². The number of alkyl halides is 2. The molecule has 2 atom stereocenters. The SMILES string of the molecule is COCC(N)C(=O)NC1CCCN(c2ccc(OC(F)F)cc2)C1=O. The van der Waals surface area contributed by atoms with E-state index >= 15 is 0 Å². The Morgan fingerprint density at radius 1 is 1.40 bits per heavy atom. The molecule has 25 heavy (non-hydrogen) atoms. The summed E-state index contributed by atoms with van der Waals surface area (Å²) in [7, 11) is 1.43. The summed E-state index contributed by atoms with van der Waals surface area (Å²) in [5.74, 6) is -0.715. The van der Waals surface area contributed by atoms with Crippen molar-refractivity contribution in [3.63, 3.8) is 0 Å². The molecule has 7 nitrogen and oxygen atoms in total. The van der Waals surface area contributed by atoms with E-state index in [4.69, 9.17) is 10.5 Å². The Morgan fingerprint density at radius 2 is 2.08 bits per heavy atom. The third-order valence-electron chi connectivity index (χ3n) is 3.81. The molecule has 2 unspecified atom stereocenters. The normalized spacial score (nSPS) is 19.0. The molecule has 1 saturated heterocycles. The molecule has 0 aromatic heterocycles. The first kappa shape index (κ1) is 19.1. The van der Waals surface area contributed by atoms with Crippen LogP contribution in [-0.2, 0) is 14.3 Å². The van der Waals surface area contributed by atoms with Crippen LogP contribution in [0.4, 0.5) is 14.5 Å². The van der Waals surface area contributed by atoms with Crippen molar-refractivity contribution >= 4 is 17.5 Å². The Kier molecular flexibility index (Phi) is 6.65. The van der Waals surface area contributed by atoms with Gasteiger partial charge in [0.05, 0.1) is 6.61 Å². The molecule has 0 radical (unpaired) electrons. The lowest BCUT2D eigenvalue weighted by atomic mass is 10.0. The quantitative estimate of drug-likeness (QED) is 0.755. The van der Waals surface area contributed by atoms with Gasteiger partial charge < -0.3 is 25.4 Å². The van der Waals surface area contributed by atoms with Gasteiger partial charge in [-0.15, -0.1) is 0 Å². The number of methoxy groups -OCH3 is 1. The highest BCUT2D eigenvalue weighted by atomic mass is 19.3. The first-order valence-corrected chi connectivity index (χ1v) is 7.83. The Labute approximate surface area is 144 Å². The van der Waals surface area contributed by atoms with Crippen LogP contribution in [0.15, 0.2) is 24.3 Å². The second kappa shape index (κ2) is 8.72. The number of amides is 2. The highest BCUT2D eigenvalue weighted by Gasteiger charge is 2.31. The minimum absolute atomic E-state index is 0.0126. The number of piperidine rings is 1. The Hall–Kier alpha value is -2.26. The Balaban J connectivity index is 2.02. The van der Waals surface area contributed by atoms with Crippen LogP contribution in [0.1, 0.15) is 12.8 Å². The van der Waals surface area contributed by atoms with Crippen molar-refractivity contribution in [2.24, 2.45) is 5.73 Å². The highest BCUT2D eigenvalue weighted by Crippen LogP contribution is 2.24. The number of rotatable bonds is 7. The van der Waals surface area contributed by atoms with Gasteiger partial charge >= 0.3 is 6.61 Å². The molecule has 1 fully saturated rings. The molecule has 9 heteroatoms. The number of nitrogens with two attached hydrogens (primary N) is 1. The maximum Gasteiger partial charge on any atom is 0.387 e. The summed E-state index contributed by atoms with van der Waals surface area (Å²) in [6, 6.07) is 4.25. The first-order valence-electron chi connectivity index (χ1n) is 7.83.